The van der Waals surface area contributed by atoms with Crippen LogP contribution in [0.1, 0.15) is 0 Å². The number of hydrogen-bond acceptors (Lipinski definition) is 0. The minimum absolute atomic E-state index is 1.30. The standard InChI is InChI=1S/C26H16/c1-2-8-19-17(7-1)13-14-18-15-25-22-11-5-3-9-20(22)21-10-4-6-12-23(21)26(25)16-24(18)19/h1-16H. The fourth-order valence-corrected chi connectivity index (χ4v) is 4.41. The Morgan fingerprint density at radius 3 is 1.38 bits per heavy atom. The first kappa shape index (κ1) is 13.9. The first-order chi connectivity index (χ1) is 12.9. The summed E-state index contributed by atoms with van der Waals surface area (Å²) in [5.74, 6) is 0. The average molecular weight is 328 g/mol. The maximum absolute atomic E-state index is 2.39. The molecule has 0 unspecified atom stereocenters. The van der Waals surface area contributed by atoms with Crippen LogP contribution in [0.2, 0.25) is 0 Å². The van der Waals surface area contributed by atoms with E-state index in [4.69, 9.17) is 0 Å². The lowest BCUT2D eigenvalue weighted by Crippen LogP contribution is -1.85. The van der Waals surface area contributed by atoms with Crippen LogP contribution in [0.15, 0.2) is 97.1 Å². The van der Waals surface area contributed by atoms with Gasteiger partial charge in [0.25, 0.3) is 0 Å². The van der Waals surface area contributed by atoms with E-state index in [-0.39, 0.29) is 0 Å². The molecule has 6 rings (SSSR count). The van der Waals surface area contributed by atoms with Crippen molar-refractivity contribution in [1.29, 1.82) is 0 Å². The van der Waals surface area contributed by atoms with Crippen LogP contribution in [0.4, 0.5) is 0 Å². The number of fused-ring (bicyclic) bond motifs is 9. The summed E-state index contributed by atoms with van der Waals surface area (Å²) in [7, 11) is 0. The van der Waals surface area contributed by atoms with E-state index >= 15 is 0 Å². The monoisotopic (exact) mass is 328 g/mol. The number of rotatable bonds is 0. The van der Waals surface area contributed by atoms with E-state index in [0.717, 1.165) is 0 Å². The third-order valence-electron chi connectivity index (χ3n) is 5.61. The van der Waals surface area contributed by atoms with Crippen LogP contribution >= 0.6 is 0 Å². The summed E-state index contributed by atoms with van der Waals surface area (Å²) in [6.45, 7) is 0. The van der Waals surface area contributed by atoms with E-state index < -0.39 is 0 Å². The van der Waals surface area contributed by atoms with E-state index in [9.17, 15) is 0 Å². The van der Waals surface area contributed by atoms with Crippen LogP contribution in [-0.2, 0) is 0 Å². The summed E-state index contributed by atoms with van der Waals surface area (Å²) in [4.78, 5) is 0. The Bertz CT molecular complexity index is 1470. The molecule has 0 radical (unpaired) electrons. The Kier molecular flexibility index (Phi) is 2.70. The third-order valence-corrected chi connectivity index (χ3v) is 5.61. The van der Waals surface area contributed by atoms with Crippen molar-refractivity contribution in [2.75, 3.05) is 0 Å². The molecular formula is C26H16. The van der Waals surface area contributed by atoms with Crippen molar-refractivity contribution in [3.63, 3.8) is 0 Å². The molecule has 120 valence electrons. The van der Waals surface area contributed by atoms with Gasteiger partial charge < -0.3 is 0 Å². The zero-order chi connectivity index (χ0) is 17.1. The average Bonchev–Trinajstić information content (AvgIpc) is 2.73. The molecule has 0 heterocycles. The van der Waals surface area contributed by atoms with Crippen LogP contribution < -0.4 is 0 Å². The summed E-state index contributed by atoms with van der Waals surface area (Å²) >= 11 is 0. The zero-order valence-corrected chi connectivity index (χ0v) is 14.2. The molecular weight excluding hydrogens is 312 g/mol. The molecule has 0 saturated carbocycles. The van der Waals surface area contributed by atoms with Gasteiger partial charge in [-0.2, -0.15) is 0 Å². The van der Waals surface area contributed by atoms with Gasteiger partial charge in [0.15, 0.2) is 0 Å². The second kappa shape index (κ2) is 5.06. The first-order valence-electron chi connectivity index (χ1n) is 9.05. The minimum atomic E-state index is 1.30. The van der Waals surface area contributed by atoms with Crippen molar-refractivity contribution in [2.45, 2.75) is 0 Å². The molecule has 0 N–H and O–H groups in total. The molecule has 0 amide bonds. The molecule has 0 aromatic heterocycles. The summed E-state index contributed by atoms with van der Waals surface area (Å²) in [6.07, 6.45) is 0. The highest BCUT2D eigenvalue weighted by molar-refractivity contribution is 6.28. The van der Waals surface area contributed by atoms with Gasteiger partial charge in [-0.25, -0.2) is 0 Å². The highest BCUT2D eigenvalue weighted by atomic mass is 14.1. The summed E-state index contributed by atoms with van der Waals surface area (Å²) in [6, 6.07) is 35.4. The SMILES string of the molecule is c1ccc2c(c1)ccc1cc3c4ccccc4c4ccccc4c3cc12. The molecule has 0 nitrogen and oxygen atoms in total. The summed E-state index contributed by atoms with van der Waals surface area (Å²) in [5.41, 5.74) is 0. The molecule has 0 aliphatic carbocycles. The Balaban J connectivity index is 1.95. The molecule has 6 aromatic rings. The Morgan fingerprint density at radius 1 is 0.269 bits per heavy atom. The third kappa shape index (κ3) is 1.79. The maximum atomic E-state index is 2.39. The van der Waals surface area contributed by atoms with Crippen LogP contribution in [-0.4, -0.2) is 0 Å². The van der Waals surface area contributed by atoms with Crippen LogP contribution in [0.25, 0.3) is 53.9 Å². The van der Waals surface area contributed by atoms with E-state index in [1.165, 1.54) is 53.9 Å². The first-order valence-corrected chi connectivity index (χ1v) is 9.05. The Morgan fingerprint density at radius 2 is 0.731 bits per heavy atom. The van der Waals surface area contributed by atoms with Crippen molar-refractivity contribution < 1.29 is 0 Å². The molecule has 26 heavy (non-hydrogen) atoms. The van der Waals surface area contributed by atoms with Crippen LogP contribution in [0, 0.1) is 0 Å². The van der Waals surface area contributed by atoms with Crippen molar-refractivity contribution in [1.82, 2.24) is 0 Å². The highest BCUT2D eigenvalue weighted by Crippen LogP contribution is 2.38. The lowest BCUT2D eigenvalue weighted by atomic mass is 9.91. The molecule has 0 heteroatoms. The minimum Gasteiger partial charge on any atom is -0.0616 e. The van der Waals surface area contributed by atoms with Crippen molar-refractivity contribution in [3.8, 4) is 0 Å². The van der Waals surface area contributed by atoms with Crippen LogP contribution in [0.5, 0.6) is 0 Å². The molecule has 0 aliphatic rings. The van der Waals surface area contributed by atoms with Crippen LogP contribution in [0.3, 0.4) is 0 Å². The fourth-order valence-electron chi connectivity index (χ4n) is 4.41. The molecule has 6 aromatic carbocycles. The highest BCUT2D eigenvalue weighted by Gasteiger charge is 2.10. The van der Waals surface area contributed by atoms with Gasteiger partial charge in [0.1, 0.15) is 0 Å². The van der Waals surface area contributed by atoms with Gasteiger partial charge >= 0.3 is 0 Å². The molecule has 0 bridgehead atoms. The maximum Gasteiger partial charge on any atom is -0.00923 e. The lowest BCUT2D eigenvalue weighted by molar-refractivity contribution is 1.78. The van der Waals surface area contributed by atoms with Gasteiger partial charge in [-0.3, -0.25) is 0 Å². The topological polar surface area (TPSA) is 0 Å². The largest absolute Gasteiger partial charge is 0.0616 e. The molecule has 0 saturated heterocycles. The summed E-state index contributed by atoms with van der Waals surface area (Å²) < 4.78 is 0. The Labute approximate surface area is 151 Å². The van der Waals surface area contributed by atoms with Gasteiger partial charge in [-0.1, -0.05) is 84.9 Å². The van der Waals surface area contributed by atoms with E-state index in [2.05, 4.69) is 97.1 Å². The van der Waals surface area contributed by atoms with Gasteiger partial charge in [-0.05, 0) is 66.0 Å². The van der Waals surface area contributed by atoms with Crippen molar-refractivity contribution in [2.24, 2.45) is 0 Å². The summed E-state index contributed by atoms with van der Waals surface area (Å²) in [5, 5.41) is 13.2. The van der Waals surface area contributed by atoms with Gasteiger partial charge in [-0.15, -0.1) is 0 Å². The zero-order valence-electron chi connectivity index (χ0n) is 14.2. The van der Waals surface area contributed by atoms with Crippen molar-refractivity contribution in [3.05, 3.63) is 97.1 Å². The molecule has 0 fully saturated rings. The van der Waals surface area contributed by atoms with Crippen molar-refractivity contribution >= 4 is 53.9 Å². The number of benzene rings is 6. The van der Waals surface area contributed by atoms with E-state index in [0.29, 0.717) is 0 Å². The van der Waals surface area contributed by atoms with Gasteiger partial charge in [0.05, 0.1) is 0 Å². The second-order valence-corrected chi connectivity index (χ2v) is 7.00. The van der Waals surface area contributed by atoms with Gasteiger partial charge in [0, 0.05) is 0 Å². The number of hydrogen-bond donors (Lipinski definition) is 0. The second-order valence-electron chi connectivity index (χ2n) is 7.00. The Hall–Kier alpha value is -3.38. The van der Waals surface area contributed by atoms with Gasteiger partial charge in [0.2, 0.25) is 0 Å². The molecule has 0 aliphatic heterocycles. The fraction of sp³-hybridized carbons (Fsp3) is 0. The van der Waals surface area contributed by atoms with E-state index in [1.807, 2.05) is 0 Å². The predicted molar refractivity (Wildman–Crippen MR) is 114 cm³/mol. The molecule has 0 atom stereocenters. The normalized spacial score (nSPS) is 11.8. The molecule has 0 spiro atoms. The quantitative estimate of drug-likeness (QED) is 0.200. The smallest absolute Gasteiger partial charge is 0.00923 e. The van der Waals surface area contributed by atoms with E-state index in [1.54, 1.807) is 0 Å². The lowest BCUT2D eigenvalue weighted by Gasteiger charge is -2.12. The predicted octanol–water partition coefficient (Wildman–Crippen LogP) is 7.45.